The smallest absolute Gasteiger partial charge is 0.147 e. The molecular formula is C39H51N7. The number of hydrogen-bond acceptors (Lipinski definition) is 6. The predicted molar refractivity (Wildman–Crippen MR) is 192 cm³/mol. The average Bonchev–Trinajstić information content (AvgIpc) is 3.43. The first-order valence-electron chi connectivity index (χ1n) is 15.3. The number of H-pyrrole nitrogens is 1. The standard InChI is InChI=1S/C8H10.2C7H9N.C7H8.C6H8N2.C4H7N3/c1-7-3-5-8(2)6-4-7;2*1-6-3-4-7(2)8-5-6;1-7-5-3-2-4-6-7;1-5-3-8-6(2)4-7-5;1-3-5-4(2)7-6-3/h3-6H,1-2H3;2*3-5H,1-2H3;2-6H,1H3;3-4H,1-2H3;1-2H3,(H,5,6,7). The molecule has 0 aliphatic rings. The molecule has 2 aromatic carbocycles. The number of rotatable bonds is 0. The molecule has 0 atom stereocenters. The molecule has 1 N–H and O–H groups in total. The van der Waals surface area contributed by atoms with Gasteiger partial charge < -0.3 is 0 Å². The van der Waals surface area contributed by atoms with Gasteiger partial charge in [0.15, 0.2) is 0 Å². The Balaban J connectivity index is 0.000000276. The van der Waals surface area contributed by atoms with Crippen LogP contribution in [0.15, 0.2) is 104 Å². The Labute approximate surface area is 276 Å². The topological polar surface area (TPSA) is 93.1 Å². The number of aromatic nitrogens is 7. The van der Waals surface area contributed by atoms with Gasteiger partial charge in [0.1, 0.15) is 11.6 Å². The normalized spacial score (nSPS) is 9.20. The molecule has 0 saturated carbocycles. The van der Waals surface area contributed by atoms with Gasteiger partial charge >= 0.3 is 0 Å². The monoisotopic (exact) mass is 617 g/mol. The first kappa shape index (κ1) is 39.0. The lowest BCUT2D eigenvalue weighted by Gasteiger charge is -1.90. The molecule has 0 fully saturated rings. The number of aryl methyl sites for hydroxylation is 11. The Kier molecular flexibility index (Phi) is 19.0. The zero-order valence-corrected chi connectivity index (χ0v) is 29.5. The van der Waals surface area contributed by atoms with Crippen LogP contribution in [0.1, 0.15) is 62.2 Å². The summed E-state index contributed by atoms with van der Waals surface area (Å²) in [6.07, 6.45) is 7.26. The van der Waals surface area contributed by atoms with Gasteiger partial charge in [0, 0.05) is 36.2 Å². The van der Waals surface area contributed by atoms with Crippen molar-refractivity contribution in [1.29, 1.82) is 0 Å². The summed E-state index contributed by atoms with van der Waals surface area (Å²) in [4.78, 5) is 20.1. The highest BCUT2D eigenvalue weighted by Crippen LogP contribution is 1.99. The fourth-order valence-corrected chi connectivity index (χ4v) is 3.17. The van der Waals surface area contributed by atoms with Gasteiger partial charge in [-0.2, -0.15) is 5.10 Å². The maximum atomic E-state index is 4.08. The van der Waals surface area contributed by atoms with E-state index in [1.54, 1.807) is 12.4 Å². The Hall–Kier alpha value is -5.04. The number of pyridine rings is 2. The first-order chi connectivity index (χ1) is 21.8. The number of benzene rings is 2. The summed E-state index contributed by atoms with van der Waals surface area (Å²) in [5, 5.41) is 6.49. The number of hydrogen-bond donors (Lipinski definition) is 1. The van der Waals surface area contributed by atoms with Crippen molar-refractivity contribution in [3.63, 3.8) is 0 Å². The van der Waals surface area contributed by atoms with E-state index in [2.05, 4.69) is 104 Å². The maximum absolute atomic E-state index is 4.08. The van der Waals surface area contributed by atoms with Gasteiger partial charge in [-0.15, -0.1) is 0 Å². The minimum absolute atomic E-state index is 0.803. The van der Waals surface area contributed by atoms with Crippen molar-refractivity contribution in [1.82, 2.24) is 35.1 Å². The Morgan fingerprint density at radius 3 is 0.957 bits per heavy atom. The summed E-state index contributed by atoms with van der Waals surface area (Å²) >= 11 is 0. The molecule has 0 spiro atoms. The van der Waals surface area contributed by atoms with Crippen LogP contribution in [0.3, 0.4) is 0 Å². The van der Waals surface area contributed by atoms with Crippen LogP contribution in [0, 0.1) is 76.2 Å². The number of aromatic amines is 1. The molecule has 7 heteroatoms. The van der Waals surface area contributed by atoms with Gasteiger partial charge in [0.2, 0.25) is 0 Å². The molecule has 0 amide bonds. The largest absolute Gasteiger partial charge is 0.263 e. The zero-order valence-electron chi connectivity index (χ0n) is 29.5. The summed E-state index contributed by atoms with van der Waals surface area (Å²) in [6.45, 7) is 21.9. The minimum atomic E-state index is 0.803. The molecule has 46 heavy (non-hydrogen) atoms. The van der Waals surface area contributed by atoms with Crippen LogP contribution in [0.2, 0.25) is 0 Å². The summed E-state index contributed by atoms with van der Waals surface area (Å²) in [5.74, 6) is 1.68. The zero-order chi connectivity index (χ0) is 34.3. The van der Waals surface area contributed by atoms with E-state index in [-0.39, 0.29) is 0 Å². The molecule has 0 aliphatic heterocycles. The molecule has 6 aromatic rings. The van der Waals surface area contributed by atoms with Crippen LogP contribution in [-0.4, -0.2) is 35.1 Å². The van der Waals surface area contributed by atoms with Gasteiger partial charge in [-0.1, -0.05) is 83.4 Å². The first-order valence-corrected chi connectivity index (χ1v) is 15.3. The Morgan fingerprint density at radius 2 is 0.739 bits per heavy atom. The lowest BCUT2D eigenvalue weighted by atomic mass is 10.2. The highest BCUT2D eigenvalue weighted by atomic mass is 15.2. The molecule has 0 saturated heterocycles. The second-order valence-electron chi connectivity index (χ2n) is 11.0. The lowest BCUT2D eigenvalue weighted by molar-refractivity contribution is 1.02. The maximum Gasteiger partial charge on any atom is 0.147 e. The van der Waals surface area contributed by atoms with Crippen molar-refractivity contribution in [2.24, 2.45) is 0 Å². The second kappa shape index (κ2) is 22.5. The van der Waals surface area contributed by atoms with Gasteiger partial charge in [-0.25, -0.2) is 4.98 Å². The molecule has 6 rings (SSSR count). The van der Waals surface area contributed by atoms with E-state index in [0.29, 0.717) is 0 Å². The molecule has 0 aliphatic carbocycles. The SMILES string of the molecule is Cc1ccc(C)cc1.Cc1ccc(C)nc1.Cc1ccc(C)nc1.Cc1ccccc1.Cc1cnc(C)cn1.Cc1n[nH]c(C)n1. The van der Waals surface area contributed by atoms with Crippen molar-refractivity contribution in [2.75, 3.05) is 0 Å². The third-order valence-electron chi connectivity index (χ3n) is 5.90. The summed E-state index contributed by atoms with van der Waals surface area (Å²) in [7, 11) is 0. The van der Waals surface area contributed by atoms with Crippen LogP contribution in [-0.2, 0) is 0 Å². The van der Waals surface area contributed by atoms with E-state index in [9.17, 15) is 0 Å². The quantitative estimate of drug-likeness (QED) is 0.183. The van der Waals surface area contributed by atoms with Crippen molar-refractivity contribution < 1.29 is 0 Å². The van der Waals surface area contributed by atoms with E-state index in [0.717, 1.165) is 34.4 Å². The summed E-state index contributed by atoms with van der Waals surface area (Å²) in [5.41, 5.74) is 10.5. The van der Waals surface area contributed by atoms with Crippen LogP contribution >= 0.6 is 0 Å². The molecule has 0 bridgehead atoms. The van der Waals surface area contributed by atoms with Gasteiger partial charge in [-0.05, 0) is 99.4 Å². The summed E-state index contributed by atoms with van der Waals surface area (Å²) < 4.78 is 0. The van der Waals surface area contributed by atoms with Gasteiger partial charge in [0.05, 0.1) is 11.4 Å². The molecular weight excluding hydrogens is 566 g/mol. The predicted octanol–water partition coefficient (Wildman–Crippen LogP) is 9.21. The van der Waals surface area contributed by atoms with Crippen LogP contribution < -0.4 is 0 Å². The van der Waals surface area contributed by atoms with Crippen LogP contribution in [0.4, 0.5) is 0 Å². The van der Waals surface area contributed by atoms with E-state index in [4.69, 9.17) is 0 Å². The fourth-order valence-electron chi connectivity index (χ4n) is 3.17. The van der Waals surface area contributed by atoms with Crippen molar-refractivity contribution >= 4 is 0 Å². The number of nitrogens with one attached hydrogen (secondary N) is 1. The molecule has 4 heterocycles. The third kappa shape index (κ3) is 20.8. The Bertz CT molecular complexity index is 1320. The van der Waals surface area contributed by atoms with Crippen LogP contribution in [0.5, 0.6) is 0 Å². The minimum Gasteiger partial charge on any atom is -0.263 e. The second-order valence-corrected chi connectivity index (χ2v) is 11.0. The van der Waals surface area contributed by atoms with Crippen molar-refractivity contribution in [3.05, 3.63) is 166 Å². The molecule has 4 aromatic heterocycles. The van der Waals surface area contributed by atoms with Crippen LogP contribution in [0.25, 0.3) is 0 Å². The summed E-state index contributed by atoms with van der Waals surface area (Å²) in [6, 6.07) is 26.9. The van der Waals surface area contributed by atoms with Crippen molar-refractivity contribution in [2.45, 2.75) is 76.2 Å². The number of nitrogens with zero attached hydrogens (tertiary/aromatic N) is 6. The highest BCUT2D eigenvalue weighted by molar-refractivity contribution is 5.19. The Morgan fingerprint density at radius 1 is 0.370 bits per heavy atom. The molecule has 0 unspecified atom stereocenters. The average molecular weight is 618 g/mol. The van der Waals surface area contributed by atoms with Gasteiger partial charge in [-0.3, -0.25) is 25.0 Å². The lowest BCUT2D eigenvalue weighted by Crippen LogP contribution is -1.84. The third-order valence-corrected chi connectivity index (χ3v) is 5.90. The van der Waals surface area contributed by atoms with E-state index < -0.39 is 0 Å². The van der Waals surface area contributed by atoms with E-state index in [1.807, 2.05) is 98.1 Å². The molecule has 7 nitrogen and oxygen atoms in total. The highest BCUT2D eigenvalue weighted by Gasteiger charge is 1.86. The van der Waals surface area contributed by atoms with Gasteiger partial charge in [0.25, 0.3) is 0 Å². The molecule has 0 radical (unpaired) electrons. The van der Waals surface area contributed by atoms with E-state index >= 15 is 0 Å². The molecule has 242 valence electrons. The fraction of sp³-hybridized carbons (Fsp3) is 0.282. The van der Waals surface area contributed by atoms with E-state index in [1.165, 1.54) is 27.8 Å². The van der Waals surface area contributed by atoms with Crippen molar-refractivity contribution in [3.8, 4) is 0 Å².